The van der Waals surface area contributed by atoms with Gasteiger partial charge in [-0.3, -0.25) is 0 Å². The first-order chi connectivity index (χ1) is 5.90. The summed E-state index contributed by atoms with van der Waals surface area (Å²) in [5.41, 5.74) is 0. The largest absolute Gasteiger partial charge is 1.00 e. The molecule has 14 heavy (non-hydrogen) atoms. The third kappa shape index (κ3) is 8.42. The van der Waals surface area contributed by atoms with Crippen molar-refractivity contribution in [1.29, 1.82) is 0 Å². The van der Waals surface area contributed by atoms with Crippen molar-refractivity contribution in [2.24, 2.45) is 0 Å². The van der Waals surface area contributed by atoms with Crippen LogP contribution in [0.5, 0.6) is 0 Å². The maximum atomic E-state index is 10.2. The van der Waals surface area contributed by atoms with Gasteiger partial charge < -0.3 is 9.45 Å². The summed E-state index contributed by atoms with van der Waals surface area (Å²) >= 11 is 5.51. The fraction of sp³-hybridized carbons (Fsp3) is 0.800. The molecular formula is C5H11N2NaO3S3. The molecule has 0 saturated heterocycles. The standard InChI is InChI=1S/C5H12N2O3S3.Na/c1-3-7(4-2)5(11)12-6-13(8,9)10;/h6H,3-4H2,1-2H3,(H,8,9,10);/q;+1/p-1. The van der Waals surface area contributed by atoms with Crippen molar-refractivity contribution in [3.05, 3.63) is 0 Å². The quantitative estimate of drug-likeness (QED) is 0.259. The van der Waals surface area contributed by atoms with Gasteiger partial charge in [-0.15, -0.1) is 0 Å². The second kappa shape index (κ2) is 8.28. The fourth-order valence-electron chi connectivity index (χ4n) is 0.633. The molecule has 9 heteroatoms. The molecule has 0 aromatic heterocycles. The number of hydrogen-bond donors (Lipinski definition) is 1. The van der Waals surface area contributed by atoms with E-state index in [4.69, 9.17) is 12.2 Å². The van der Waals surface area contributed by atoms with E-state index in [2.05, 4.69) is 0 Å². The van der Waals surface area contributed by atoms with E-state index in [0.29, 0.717) is 29.4 Å². The Balaban J connectivity index is 0. The summed E-state index contributed by atoms with van der Waals surface area (Å²) in [4.78, 5) is 1.76. The van der Waals surface area contributed by atoms with Gasteiger partial charge in [-0.05, 0) is 25.8 Å². The SMILES string of the molecule is CCN(CC)C(=S)SNS(=O)(=O)[O-].[Na+]. The molecule has 0 unspecified atom stereocenters. The molecule has 0 radical (unpaired) electrons. The molecule has 78 valence electrons. The third-order valence-electron chi connectivity index (χ3n) is 1.25. The molecule has 5 nitrogen and oxygen atoms in total. The van der Waals surface area contributed by atoms with Crippen molar-refractivity contribution in [2.75, 3.05) is 13.1 Å². The number of rotatable bonds is 4. The van der Waals surface area contributed by atoms with Crippen molar-refractivity contribution in [1.82, 2.24) is 9.03 Å². The molecule has 0 atom stereocenters. The molecule has 0 aliphatic heterocycles. The van der Waals surface area contributed by atoms with Gasteiger partial charge in [0.2, 0.25) is 0 Å². The van der Waals surface area contributed by atoms with Crippen LogP contribution in [0.2, 0.25) is 0 Å². The van der Waals surface area contributed by atoms with E-state index >= 15 is 0 Å². The smallest absolute Gasteiger partial charge is 0.735 e. The van der Waals surface area contributed by atoms with Crippen LogP contribution in [0.15, 0.2) is 0 Å². The Morgan fingerprint density at radius 1 is 1.50 bits per heavy atom. The number of nitrogens with one attached hydrogen (secondary N) is 1. The van der Waals surface area contributed by atoms with Gasteiger partial charge in [-0.25, -0.2) is 8.42 Å². The average molecular weight is 266 g/mol. The van der Waals surface area contributed by atoms with Gasteiger partial charge in [0.25, 0.3) is 0 Å². The first-order valence-electron chi connectivity index (χ1n) is 3.59. The van der Waals surface area contributed by atoms with E-state index < -0.39 is 10.3 Å². The second-order valence-electron chi connectivity index (χ2n) is 2.08. The summed E-state index contributed by atoms with van der Waals surface area (Å²) in [5, 5.41) is 0. The van der Waals surface area contributed by atoms with Crippen LogP contribution in [0.3, 0.4) is 0 Å². The fourth-order valence-corrected chi connectivity index (χ4v) is 2.28. The van der Waals surface area contributed by atoms with Gasteiger partial charge in [0, 0.05) is 13.1 Å². The van der Waals surface area contributed by atoms with E-state index in [-0.39, 0.29) is 29.6 Å². The van der Waals surface area contributed by atoms with Crippen LogP contribution in [0.25, 0.3) is 0 Å². The van der Waals surface area contributed by atoms with Gasteiger partial charge in [-0.1, -0.05) is 12.2 Å². The minimum atomic E-state index is -4.42. The summed E-state index contributed by atoms with van der Waals surface area (Å²) in [6.07, 6.45) is 0. The van der Waals surface area contributed by atoms with Crippen LogP contribution in [0.4, 0.5) is 0 Å². The predicted molar refractivity (Wildman–Crippen MR) is 55.9 cm³/mol. The molecule has 0 aromatic carbocycles. The first kappa shape index (κ1) is 17.5. The molecule has 0 aliphatic rings. The van der Waals surface area contributed by atoms with Gasteiger partial charge in [0.15, 0.2) is 14.6 Å². The van der Waals surface area contributed by atoms with E-state index in [1.807, 2.05) is 13.8 Å². The van der Waals surface area contributed by atoms with Gasteiger partial charge >= 0.3 is 29.6 Å². The van der Waals surface area contributed by atoms with E-state index in [1.165, 1.54) is 0 Å². The Morgan fingerprint density at radius 3 is 2.21 bits per heavy atom. The summed E-state index contributed by atoms with van der Waals surface area (Å²) < 4.78 is 32.6. The zero-order valence-electron chi connectivity index (χ0n) is 8.31. The van der Waals surface area contributed by atoms with Crippen molar-refractivity contribution < 1.29 is 42.5 Å². The molecule has 0 rings (SSSR count). The van der Waals surface area contributed by atoms with E-state index in [0.717, 1.165) is 0 Å². The maximum absolute atomic E-state index is 10.2. The average Bonchev–Trinajstić information content (AvgIpc) is 2.02. The van der Waals surface area contributed by atoms with Crippen LogP contribution in [0, 0.1) is 0 Å². The normalized spacial score (nSPS) is 10.5. The van der Waals surface area contributed by atoms with Crippen molar-refractivity contribution in [2.45, 2.75) is 13.8 Å². The van der Waals surface area contributed by atoms with Gasteiger partial charge in [0.1, 0.15) is 0 Å². The van der Waals surface area contributed by atoms with Crippen LogP contribution in [0.1, 0.15) is 13.8 Å². The number of thiocarbonyl (C=S) groups is 1. The Labute approximate surface area is 116 Å². The Bertz CT molecular complexity index is 265. The Hall–Kier alpha value is 1.11. The molecule has 0 amide bonds. The van der Waals surface area contributed by atoms with Gasteiger partial charge in [0.05, 0.1) is 0 Å². The molecule has 0 saturated carbocycles. The summed E-state index contributed by atoms with van der Waals surface area (Å²) in [7, 11) is -4.42. The third-order valence-corrected chi connectivity index (χ3v) is 3.34. The molecular weight excluding hydrogens is 255 g/mol. The zero-order chi connectivity index (χ0) is 10.5. The molecule has 0 fully saturated rings. The Kier molecular flexibility index (Phi) is 10.4. The monoisotopic (exact) mass is 266 g/mol. The first-order valence-corrected chi connectivity index (χ1v) is 6.22. The molecule has 0 spiro atoms. The summed E-state index contributed by atoms with van der Waals surface area (Å²) in [6, 6.07) is 0. The predicted octanol–water partition coefficient (Wildman–Crippen LogP) is -2.68. The topological polar surface area (TPSA) is 72.5 Å². The van der Waals surface area contributed by atoms with Crippen molar-refractivity contribution in [3.8, 4) is 0 Å². The molecule has 0 aromatic rings. The maximum Gasteiger partial charge on any atom is 1.00 e. The van der Waals surface area contributed by atoms with Crippen LogP contribution >= 0.6 is 24.2 Å². The minimum absolute atomic E-state index is 0. The van der Waals surface area contributed by atoms with Crippen LogP contribution in [-0.4, -0.2) is 35.3 Å². The second-order valence-corrected chi connectivity index (χ2v) is 4.89. The number of nitrogens with zero attached hydrogens (tertiary/aromatic N) is 1. The van der Waals surface area contributed by atoms with E-state index in [1.54, 1.807) is 9.03 Å². The molecule has 1 N–H and O–H groups in total. The molecule has 0 aliphatic carbocycles. The summed E-state index contributed by atoms with van der Waals surface area (Å²) in [6.45, 7) is 5.15. The molecule has 0 heterocycles. The van der Waals surface area contributed by atoms with Gasteiger partial charge in [-0.2, -0.15) is 4.13 Å². The molecule has 0 bridgehead atoms. The zero-order valence-corrected chi connectivity index (χ0v) is 12.8. The Morgan fingerprint density at radius 2 is 1.93 bits per heavy atom. The summed E-state index contributed by atoms with van der Waals surface area (Å²) in [5.74, 6) is 0. The van der Waals surface area contributed by atoms with Crippen LogP contribution in [-0.2, 0) is 10.3 Å². The van der Waals surface area contributed by atoms with E-state index in [9.17, 15) is 13.0 Å². The van der Waals surface area contributed by atoms with Crippen LogP contribution < -0.4 is 33.7 Å². The van der Waals surface area contributed by atoms with Crippen molar-refractivity contribution in [3.63, 3.8) is 0 Å². The minimum Gasteiger partial charge on any atom is -0.735 e. The number of hydrogen-bond acceptors (Lipinski definition) is 5. The van der Waals surface area contributed by atoms with Crippen molar-refractivity contribution >= 4 is 38.8 Å².